The second-order valence-electron chi connectivity index (χ2n) is 1.98. The van der Waals surface area contributed by atoms with Crippen molar-refractivity contribution in [2.24, 2.45) is 7.05 Å². The molecule has 0 spiro atoms. The topological polar surface area (TPSA) is 17.8 Å². The Morgan fingerprint density at radius 1 is 1.50 bits per heavy atom. The summed E-state index contributed by atoms with van der Waals surface area (Å²) in [6, 6.07) is 0. The van der Waals surface area contributed by atoms with E-state index >= 15 is 0 Å². The summed E-state index contributed by atoms with van der Waals surface area (Å²) in [5.41, 5.74) is 2.38. The fourth-order valence-electron chi connectivity index (χ4n) is 0.854. The Balaban J connectivity index is 2.68. The van der Waals surface area contributed by atoms with Crippen molar-refractivity contribution >= 4 is 12.2 Å². The predicted molar refractivity (Wildman–Crippen MR) is 32.1 cm³/mol. The van der Waals surface area contributed by atoms with Crippen molar-refractivity contribution in [1.29, 1.82) is 0 Å². The molecule has 0 radical (unpaired) electrons. The highest BCUT2D eigenvalue weighted by molar-refractivity contribution is 5.82. The van der Waals surface area contributed by atoms with Gasteiger partial charge in [0.15, 0.2) is 0 Å². The van der Waals surface area contributed by atoms with Crippen LogP contribution in [0.1, 0.15) is 11.3 Å². The summed E-state index contributed by atoms with van der Waals surface area (Å²) in [5, 5.41) is 4.13. The van der Waals surface area contributed by atoms with Gasteiger partial charge in [0.25, 0.3) is 0 Å². The lowest BCUT2D eigenvalue weighted by molar-refractivity contribution is 0.765. The van der Waals surface area contributed by atoms with Crippen molar-refractivity contribution in [3.05, 3.63) is 17.5 Å². The molecular weight excluding hydrogens is 100 g/mol. The first kappa shape index (κ1) is 3.89. The van der Waals surface area contributed by atoms with E-state index in [-0.39, 0.29) is 0 Å². The van der Waals surface area contributed by atoms with Crippen LogP contribution >= 0.6 is 0 Å². The van der Waals surface area contributed by atoms with E-state index in [9.17, 15) is 0 Å². The highest BCUT2D eigenvalue weighted by Gasteiger charge is 2.07. The summed E-state index contributed by atoms with van der Waals surface area (Å²) in [6.07, 6.45) is 6.08. The maximum Gasteiger partial charge on any atom is 0.0923 e. The molecule has 0 fully saturated rings. The third-order valence-corrected chi connectivity index (χ3v) is 1.31. The first-order valence-electron chi connectivity index (χ1n) is 2.58. The molecule has 2 rings (SSSR count). The first-order valence-corrected chi connectivity index (χ1v) is 2.58. The molecule has 0 saturated heterocycles. The van der Waals surface area contributed by atoms with E-state index in [0.717, 1.165) is 5.69 Å². The van der Waals surface area contributed by atoms with Gasteiger partial charge >= 0.3 is 0 Å². The van der Waals surface area contributed by atoms with Gasteiger partial charge in [-0.1, -0.05) is 0 Å². The van der Waals surface area contributed by atoms with E-state index in [1.54, 1.807) is 0 Å². The standard InChI is InChI=1S/C6H6N2/c1-8-4-5-2-3-6(5)7-8/h2-4H,1H3. The zero-order chi connectivity index (χ0) is 5.56. The molecule has 0 atom stereocenters. The van der Waals surface area contributed by atoms with Crippen LogP contribution in [0.4, 0.5) is 0 Å². The minimum absolute atomic E-state index is 1.12. The Hall–Kier alpha value is -1.05. The molecule has 0 aliphatic heterocycles. The summed E-state index contributed by atoms with van der Waals surface area (Å²) in [7, 11) is 1.93. The Labute approximate surface area is 47.4 Å². The highest BCUT2D eigenvalue weighted by atomic mass is 15.3. The third-order valence-electron chi connectivity index (χ3n) is 1.31. The van der Waals surface area contributed by atoms with Crippen LogP contribution in [0.25, 0.3) is 12.2 Å². The number of nitrogens with zero attached hydrogens (tertiary/aromatic N) is 2. The SMILES string of the molecule is Cn1cc2c(n1)C=C2. The zero-order valence-corrected chi connectivity index (χ0v) is 4.63. The maximum absolute atomic E-state index is 4.13. The van der Waals surface area contributed by atoms with Gasteiger partial charge in [-0.25, -0.2) is 0 Å². The van der Waals surface area contributed by atoms with Crippen LogP contribution in [0.2, 0.25) is 0 Å². The Kier molecular flexibility index (Phi) is 0.497. The molecule has 0 aromatic carbocycles. The summed E-state index contributed by atoms with van der Waals surface area (Å²) < 4.78 is 1.82. The zero-order valence-electron chi connectivity index (χ0n) is 4.63. The number of rotatable bonds is 0. The molecule has 0 bridgehead atoms. The second kappa shape index (κ2) is 1.02. The lowest BCUT2D eigenvalue weighted by Crippen LogP contribution is -1.87. The minimum atomic E-state index is 1.12. The van der Waals surface area contributed by atoms with Crippen molar-refractivity contribution in [3.63, 3.8) is 0 Å². The molecule has 0 N–H and O–H groups in total. The predicted octanol–water partition coefficient (Wildman–Crippen LogP) is 0.904. The molecule has 0 unspecified atom stereocenters. The number of aromatic nitrogens is 2. The minimum Gasteiger partial charge on any atom is -0.275 e. The number of hydrogen-bond acceptors (Lipinski definition) is 1. The van der Waals surface area contributed by atoms with Crippen LogP contribution in [0.15, 0.2) is 6.20 Å². The van der Waals surface area contributed by atoms with E-state index in [1.807, 2.05) is 24.0 Å². The molecule has 0 saturated carbocycles. The van der Waals surface area contributed by atoms with E-state index < -0.39 is 0 Å². The molecule has 1 aromatic rings. The monoisotopic (exact) mass is 106 g/mol. The van der Waals surface area contributed by atoms with E-state index in [2.05, 4.69) is 11.2 Å². The Bertz CT molecular complexity index is 222. The van der Waals surface area contributed by atoms with Crippen molar-refractivity contribution < 1.29 is 0 Å². The van der Waals surface area contributed by atoms with E-state index in [4.69, 9.17) is 0 Å². The van der Waals surface area contributed by atoms with Gasteiger partial charge in [-0.05, 0) is 12.2 Å². The van der Waals surface area contributed by atoms with Crippen molar-refractivity contribution in [3.8, 4) is 0 Å². The molecule has 2 nitrogen and oxygen atoms in total. The van der Waals surface area contributed by atoms with Crippen LogP contribution in [0.5, 0.6) is 0 Å². The normalized spacial score (nSPS) is 13.1. The van der Waals surface area contributed by atoms with Crippen LogP contribution < -0.4 is 0 Å². The molecule has 2 heteroatoms. The Morgan fingerprint density at radius 3 is 2.62 bits per heavy atom. The van der Waals surface area contributed by atoms with Crippen molar-refractivity contribution in [2.75, 3.05) is 0 Å². The first-order chi connectivity index (χ1) is 3.86. The smallest absolute Gasteiger partial charge is 0.0923 e. The largest absolute Gasteiger partial charge is 0.275 e. The van der Waals surface area contributed by atoms with Crippen LogP contribution in [0, 0.1) is 0 Å². The average Bonchev–Trinajstić information content (AvgIpc) is 1.91. The van der Waals surface area contributed by atoms with Crippen molar-refractivity contribution in [1.82, 2.24) is 9.78 Å². The molecule has 8 heavy (non-hydrogen) atoms. The summed E-state index contributed by atoms with van der Waals surface area (Å²) >= 11 is 0. The molecule has 40 valence electrons. The van der Waals surface area contributed by atoms with Crippen LogP contribution in [-0.2, 0) is 7.05 Å². The van der Waals surface area contributed by atoms with Gasteiger partial charge in [0.05, 0.1) is 5.69 Å². The number of aryl methyl sites for hydroxylation is 1. The lowest BCUT2D eigenvalue weighted by atomic mass is 10.1. The fourth-order valence-corrected chi connectivity index (χ4v) is 0.854. The van der Waals surface area contributed by atoms with Gasteiger partial charge in [0.1, 0.15) is 0 Å². The quantitative estimate of drug-likeness (QED) is 0.488. The maximum atomic E-state index is 4.13. The van der Waals surface area contributed by atoms with Gasteiger partial charge < -0.3 is 0 Å². The second-order valence-corrected chi connectivity index (χ2v) is 1.98. The van der Waals surface area contributed by atoms with E-state index in [1.165, 1.54) is 5.56 Å². The van der Waals surface area contributed by atoms with Gasteiger partial charge in [-0.2, -0.15) is 5.10 Å². The van der Waals surface area contributed by atoms with Gasteiger partial charge in [-0.3, -0.25) is 4.68 Å². The van der Waals surface area contributed by atoms with E-state index in [0.29, 0.717) is 0 Å². The number of fused-ring (bicyclic) bond motifs is 1. The lowest BCUT2D eigenvalue weighted by Gasteiger charge is -1.95. The molecule has 1 aromatic heterocycles. The molecule has 1 heterocycles. The number of hydrogen-bond donors (Lipinski definition) is 0. The summed E-state index contributed by atoms with van der Waals surface area (Å²) in [6.45, 7) is 0. The molecule has 1 aliphatic carbocycles. The Morgan fingerprint density at radius 2 is 2.38 bits per heavy atom. The van der Waals surface area contributed by atoms with Gasteiger partial charge in [-0.15, -0.1) is 0 Å². The highest BCUT2D eigenvalue weighted by Crippen LogP contribution is 2.19. The third kappa shape index (κ3) is 0.304. The van der Waals surface area contributed by atoms with Gasteiger partial charge in [0, 0.05) is 18.8 Å². The average molecular weight is 106 g/mol. The summed E-state index contributed by atoms with van der Waals surface area (Å²) in [5.74, 6) is 0. The molecular formula is C6H6N2. The van der Waals surface area contributed by atoms with Crippen molar-refractivity contribution in [2.45, 2.75) is 0 Å². The summed E-state index contributed by atoms with van der Waals surface area (Å²) in [4.78, 5) is 0. The van der Waals surface area contributed by atoms with Crippen LogP contribution in [-0.4, -0.2) is 9.78 Å². The van der Waals surface area contributed by atoms with Gasteiger partial charge in [0.2, 0.25) is 0 Å². The van der Waals surface area contributed by atoms with Crippen LogP contribution in [0.3, 0.4) is 0 Å². The molecule has 0 amide bonds. The fraction of sp³-hybridized carbons (Fsp3) is 0.167. The molecule has 1 aliphatic rings.